The van der Waals surface area contributed by atoms with Crippen molar-refractivity contribution in [3.63, 3.8) is 0 Å². The maximum atomic E-state index is 12.7. The number of aryl methyl sites for hydroxylation is 1. The standard InChI is InChI=1S/C20H20ClN5O3S/c1-14-19(24-26(23-14)17-6-4-5-15(21)13-17)20(27)22-16-7-9-18(10-8-16)30(28,29)25-11-2-3-12-25/h4-10,13H,2-3,11-12H2,1H3,(H,22,27). The van der Waals surface area contributed by atoms with Crippen LogP contribution in [0.2, 0.25) is 5.02 Å². The fraction of sp³-hybridized carbons (Fsp3) is 0.250. The van der Waals surface area contributed by atoms with Crippen molar-refractivity contribution in [1.29, 1.82) is 0 Å². The first-order valence-electron chi connectivity index (χ1n) is 9.46. The van der Waals surface area contributed by atoms with Gasteiger partial charge in [0.05, 0.1) is 16.3 Å². The van der Waals surface area contributed by atoms with E-state index in [1.807, 2.05) is 0 Å². The van der Waals surface area contributed by atoms with Gasteiger partial charge in [-0.05, 0) is 62.2 Å². The second-order valence-electron chi connectivity index (χ2n) is 6.99. The lowest BCUT2D eigenvalue weighted by Crippen LogP contribution is -2.27. The zero-order valence-corrected chi connectivity index (χ0v) is 17.8. The second kappa shape index (κ2) is 8.17. The first-order chi connectivity index (χ1) is 14.3. The fourth-order valence-corrected chi connectivity index (χ4v) is 4.98. The molecule has 0 saturated carbocycles. The van der Waals surface area contributed by atoms with Crippen LogP contribution in [0.1, 0.15) is 29.0 Å². The number of anilines is 1. The maximum Gasteiger partial charge on any atom is 0.278 e. The molecule has 1 N–H and O–H groups in total. The van der Waals surface area contributed by atoms with Gasteiger partial charge in [-0.2, -0.15) is 14.2 Å². The molecule has 0 radical (unpaired) electrons. The molecule has 0 unspecified atom stereocenters. The van der Waals surface area contributed by atoms with E-state index in [0.717, 1.165) is 12.8 Å². The van der Waals surface area contributed by atoms with Crippen LogP contribution in [0, 0.1) is 6.92 Å². The molecule has 1 saturated heterocycles. The normalized spacial score (nSPS) is 14.7. The van der Waals surface area contributed by atoms with Gasteiger partial charge in [0.2, 0.25) is 10.0 Å². The van der Waals surface area contributed by atoms with Crippen LogP contribution in [0.25, 0.3) is 5.69 Å². The van der Waals surface area contributed by atoms with Crippen LogP contribution in [-0.4, -0.2) is 46.7 Å². The van der Waals surface area contributed by atoms with E-state index in [4.69, 9.17) is 11.6 Å². The maximum absolute atomic E-state index is 12.7. The van der Waals surface area contributed by atoms with Crippen LogP contribution in [0.5, 0.6) is 0 Å². The van der Waals surface area contributed by atoms with E-state index in [0.29, 0.717) is 35.2 Å². The van der Waals surface area contributed by atoms with Gasteiger partial charge in [0, 0.05) is 23.8 Å². The summed E-state index contributed by atoms with van der Waals surface area (Å²) >= 11 is 6.00. The molecule has 1 aliphatic rings. The summed E-state index contributed by atoms with van der Waals surface area (Å²) in [5.74, 6) is -0.434. The van der Waals surface area contributed by atoms with Gasteiger partial charge < -0.3 is 5.32 Å². The molecule has 1 amide bonds. The van der Waals surface area contributed by atoms with Gasteiger partial charge in [0.25, 0.3) is 5.91 Å². The third-order valence-corrected chi connectivity index (χ3v) is 7.00. The molecule has 2 aromatic carbocycles. The summed E-state index contributed by atoms with van der Waals surface area (Å²) in [5, 5.41) is 11.8. The van der Waals surface area contributed by atoms with Gasteiger partial charge in [-0.3, -0.25) is 4.79 Å². The molecule has 0 atom stereocenters. The number of aromatic nitrogens is 3. The minimum atomic E-state index is -3.49. The Kier molecular flexibility index (Phi) is 5.59. The summed E-state index contributed by atoms with van der Waals surface area (Å²) in [6.45, 7) is 2.78. The Balaban J connectivity index is 1.50. The molecular weight excluding hydrogens is 426 g/mol. The van der Waals surface area contributed by atoms with Crippen molar-refractivity contribution in [2.45, 2.75) is 24.7 Å². The molecule has 10 heteroatoms. The van der Waals surface area contributed by atoms with Crippen molar-refractivity contribution in [1.82, 2.24) is 19.3 Å². The number of hydrogen-bond donors (Lipinski definition) is 1. The number of rotatable bonds is 5. The SMILES string of the molecule is Cc1nn(-c2cccc(Cl)c2)nc1C(=O)Nc1ccc(S(=O)(=O)N2CCCC2)cc1. The van der Waals surface area contributed by atoms with Crippen LogP contribution >= 0.6 is 11.6 Å². The predicted octanol–water partition coefficient (Wildman–Crippen LogP) is 3.27. The van der Waals surface area contributed by atoms with Crippen LogP contribution in [-0.2, 0) is 10.0 Å². The van der Waals surface area contributed by atoms with E-state index >= 15 is 0 Å². The quantitative estimate of drug-likeness (QED) is 0.650. The second-order valence-corrected chi connectivity index (χ2v) is 9.37. The number of carbonyl (C=O) groups excluding carboxylic acids is 1. The van der Waals surface area contributed by atoms with E-state index < -0.39 is 15.9 Å². The van der Waals surface area contributed by atoms with Gasteiger partial charge >= 0.3 is 0 Å². The van der Waals surface area contributed by atoms with Crippen LogP contribution < -0.4 is 5.32 Å². The summed E-state index contributed by atoms with van der Waals surface area (Å²) in [6.07, 6.45) is 1.76. The third-order valence-electron chi connectivity index (χ3n) is 4.85. The van der Waals surface area contributed by atoms with E-state index in [1.165, 1.54) is 21.2 Å². The van der Waals surface area contributed by atoms with Crippen molar-refractivity contribution in [3.8, 4) is 5.69 Å². The summed E-state index contributed by atoms with van der Waals surface area (Å²) < 4.78 is 26.7. The minimum Gasteiger partial charge on any atom is -0.321 e. The smallest absolute Gasteiger partial charge is 0.278 e. The Bertz CT molecular complexity index is 1190. The van der Waals surface area contributed by atoms with Gasteiger partial charge in [-0.15, -0.1) is 5.10 Å². The molecule has 1 aromatic heterocycles. The number of halogens is 1. The zero-order valence-electron chi connectivity index (χ0n) is 16.2. The highest BCUT2D eigenvalue weighted by Crippen LogP contribution is 2.22. The van der Waals surface area contributed by atoms with Gasteiger partial charge in [-0.25, -0.2) is 8.42 Å². The lowest BCUT2D eigenvalue weighted by Gasteiger charge is -2.15. The number of amides is 1. The molecule has 2 heterocycles. The molecule has 1 aliphatic heterocycles. The lowest BCUT2D eigenvalue weighted by molar-refractivity contribution is 0.102. The summed E-state index contributed by atoms with van der Waals surface area (Å²) in [7, 11) is -3.49. The lowest BCUT2D eigenvalue weighted by atomic mass is 10.3. The zero-order chi connectivity index (χ0) is 21.3. The average molecular weight is 446 g/mol. The summed E-state index contributed by atoms with van der Waals surface area (Å²) in [6, 6.07) is 13.1. The molecule has 0 spiro atoms. The van der Waals surface area contributed by atoms with E-state index in [2.05, 4.69) is 15.5 Å². The Morgan fingerprint density at radius 2 is 1.77 bits per heavy atom. The number of benzene rings is 2. The van der Waals surface area contributed by atoms with Crippen molar-refractivity contribution in [3.05, 3.63) is 64.9 Å². The largest absolute Gasteiger partial charge is 0.321 e. The highest BCUT2D eigenvalue weighted by Gasteiger charge is 2.27. The number of sulfonamides is 1. The highest BCUT2D eigenvalue weighted by molar-refractivity contribution is 7.89. The minimum absolute atomic E-state index is 0.170. The predicted molar refractivity (Wildman–Crippen MR) is 113 cm³/mol. The van der Waals surface area contributed by atoms with Crippen LogP contribution in [0.4, 0.5) is 5.69 Å². The number of nitrogens with zero attached hydrogens (tertiary/aromatic N) is 4. The Morgan fingerprint density at radius 1 is 1.07 bits per heavy atom. The molecule has 8 nitrogen and oxygen atoms in total. The molecular formula is C20H20ClN5O3S. The van der Waals surface area contributed by atoms with E-state index in [9.17, 15) is 13.2 Å². The molecule has 156 valence electrons. The van der Waals surface area contributed by atoms with Gasteiger partial charge in [0.1, 0.15) is 0 Å². The first-order valence-corrected chi connectivity index (χ1v) is 11.3. The molecule has 30 heavy (non-hydrogen) atoms. The summed E-state index contributed by atoms with van der Waals surface area (Å²) in [5.41, 5.74) is 1.74. The Morgan fingerprint density at radius 3 is 2.43 bits per heavy atom. The van der Waals surface area contributed by atoms with Crippen molar-refractivity contribution < 1.29 is 13.2 Å². The number of hydrogen-bond acceptors (Lipinski definition) is 5. The fourth-order valence-electron chi connectivity index (χ4n) is 3.28. The first kappa shape index (κ1) is 20.5. The third kappa shape index (κ3) is 4.09. The summed E-state index contributed by atoms with van der Waals surface area (Å²) in [4.78, 5) is 14.2. The van der Waals surface area contributed by atoms with Crippen molar-refractivity contribution >= 4 is 33.2 Å². The Hall–Kier alpha value is -2.75. The van der Waals surface area contributed by atoms with E-state index in [-0.39, 0.29) is 10.6 Å². The van der Waals surface area contributed by atoms with Crippen LogP contribution in [0.3, 0.4) is 0 Å². The molecule has 3 aromatic rings. The van der Waals surface area contributed by atoms with Crippen molar-refractivity contribution in [2.75, 3.05) is 18.4 Å². The number of carbonyl (C=O) groups is 1. The van der Waals surface area contributed by atoms with Gasteiger partial charge in [0.15, 0.2) is 5.69 Å². The highest BCUT2D eigenvalue weighted by atomic mass is 35.5. The molecule has 1 fully saturated rings. The molecule has 0 aliphatic carbocycles. The van der Waals surface area contributed by atoms with Crippen LogP contribution in [0.15, 0.2) is 53.4 Å². The number of nitrogens with one attached hydrogen (secondary N) is 1. The molecule has 0 bridgehead atoms. The Labute approximate surface area is 179 Å². The van der Waals surface area contributed by atoms with Gasteiger partial charge in [-0.1, -0.05) is 17.7 Å². The average Bonchev–Trinajstić information content (AvgIpc) is 3.39. The van der Waals surface area contributed by atoms with E-state index in [1.54, 1.807) is 43.3 Å². The van der Waals surface area contributed by atoms with Crippen molar-refractivity contribution in [2.24, 2.45) is 0 Å². The monoisotopic (exact) mass is 445 g/mol. The topological polar surface area (TPSA) is 97.2 Å². The molecule has 4 rings (SSSR count).